The second-order valence-electron chi connectivity index (χ2n) is 1.92. The minimum Gasteiger partial charge on any atom is -0.367 e. The first-order valence-electron chi connectivity index (χ1n) is 2.86. The second-order valence-corrected chi connectivity index (χ2v) is 1.92. The molecule has 0 saturated heterocycles. The fourth-order valence-electron chi connectivity index (χ4n) is 0.370. The van der Waals surface area contributed by atoms with Crippen LogP contribution in [0.25, 0.3) is 0 Å². The lowest BCUT2D eigenvalue weighted by atomic mass is 10.6. The Balaban J connectivity index is 3.61. The van der Waals surface area contributed by atoms with E-state index < -0.39 is 0 Å². The van der Waals surface area contributed by atoms with Gasteiger partial charge < -0.3 is 4.90 Å². The molecule has 0 aromatic carbocycles. The molecule has 0 atom stereocenters. The fraction of sp³-hybridized carbons (Fsp3) is 0.833. The summed E-state index contributed by atoms with van der Waals surface area (Å²) in [6.45, 7) is 4.92. The van der Waals surface area contributed by atoms with Crippen molar-refractivity contribution in [2.24, 2.45) is 4.99 Å². The summed E-state index contributed by atoms with van der Waals surface area (Å²) in [7, 11) is 3.99. The van der Waals surface area contributed by atoms with Crippen molar-refractivity contribution in [1.29, 1.82) is 0 Å². The predicted octanol–water partition coefficient (Wildman–Crippen LogP) is 0.986. The van der Waals surface area contributed by atoms with Gasteiger partial charge in [-0.3, -0.25) is 4.99 Å². The van der Waals surface area contributed by atoms with Gasteiger partial charge in [0.05, 0.1) is 5.84 Å². The normalized spacial score (nSPS) is 11.8. The van der Waals surface area contributed by atoms with Crippen LogP contribution in [0.4, 0.5) is 0 Å². The van der Waals surface area contributed by atoms with Gasteiger partial charge in [0.15, 0.2) is 0 Å². The number of hydrogen-bond donors (Lipinski definition) is 0. The van der Waals surface area contributed by atoms with E-state index in [4.69, 9.17) is 0 Å². The Kier molecular flexibility index (Phi) is 3.24. The molecule has 0 amide bonds. The van der Waals surface area contributed by atoms with Gasteiger partial charge >= 0.3 is 0 Å². The lowest BCUT2D eigenvalue weighted by molar-refractivity contribution is 0.614. The average Bonchev–Trinajstić information content (AvgIpc) is 1.67. The summed E-state index contributed by atoms with van der Waals surface area (Å²) in [5.74, 6) is 1.09. The highest BCUT2D eigenvalue weighted by molar-refractivity contribution is 5.78. The molecule has 0 bridgehead atoms. The first-order valence-corrected chi connectivity index (χ1v) is 2.86. The first-order chi connectivity index (χ1) is 3.68. The van der Waals surface area contributed by atoms with Crippen LogP contribution in [0.5, 0.6) is 0 Å². The van der Waals surface area contributed by atoms with Gasteiger partial charge in [0.2, 0.25) is 0 Å². The molecular weight excluding hydrogens is 100 g/mol. The van der Waals surface area contributed by atoms with Crippen LogP contribution in [-0.2, 0) is 0 Å². The molecule has 2 heteroatoms. The molecule has 0 rings (SSSR count). The molecule has 0 unspecified atom stereocenters. The van der Waals surface area contributed by atoms with Crippen LogP contribution in [-0.4, -0.2) is 31.4 Å². The lowest BCUT2D eigenvalue weighted by Crippen LogP contribution is -2.18. The van der Waals surface area contributed by atoms with Gasteiger partial charge in [-0.1, -0.05) is 0 Å². The Morgan fingerprint density at radius 3 is 2.12 bits per heavy atom. The molecule has 0 N–H and O–H groups in total. The fourth-order valence-corrected chi connectivity index (χ4v) is 0.370. The first kappa shape index (κ1) is 7.47. The van der Waals surface area contributed by atoms with Gasteiger partial charge in [0, 0.05) is 20.6 Å². The molecule has 8 heavy (non-hydrogen) atoms. The Morgan fingerprint density at radius 1 is 1.50 bits per heavy atom. The molecular formula is C6H14N2. The van der Waals surface area contributed by atoms with Crippen molar-refractivity contribution >= 4 is 5.84 Å². The van der Waals surface area contributed by atoms with Crippen molar-refractivity contribution in [3.63, 3.8) is 0 Å². The van der Waals surface area contributed by atoms with Crippen LogP contribution in [0.3, 0.4) is 0 Å². The molecule has 0 aliphatic carbocycles. The molecule has 2 nitrogen and oxygen atoms in total. The van der Waals surface area contributed by atoms with Crippen molar-refractivity contribution in [1.82, 2.24) is 4.90 Å². The summed E-state index contributed by atoms with van der Waals surface area (Å²) >= 11 is 0. The largest absolute Gasteiger partial charge is 0.367 e. The number of amidine groups is 1. The van der Waals surface area contributed by atoms with Crippen molar-refractivity contribution < 1.29 is 0 Å². The molecule has 0 spiro atoms. The molecule has 0 fully saturated rings. The van der Waals surface area contributed by atoms with Gasteiger partial charge in [0.25, 0.3) is 0 Å². The number of rotatable bonds is 1. The molecule has 48 valence electrons. The number of aliphatic imine (C=N–C) groups is 1. The zero-order valence-corrected chi connectivity index (χ0v) is 6.10. The maximum atomic E-state index is 4.17. The Labute approximate surface area is 51.2 Å². The van der Waals surface area contributed by atoms with E-state index >= 15 is 0 Å². The van der Waals surface area contributed by atoms with E-state index in [0.29, 0.717) is 0 Å². The summed E-state index contributed by atoms with van der Waals surface area (Å²) in [5.41, 5.74) is 0. The lowest BCUT2D eigenvalue weighted by Gasteiger charge is -2.09. The Morgan fingerprint density at radius 2 is 2.00 bits per heavy atom. The number of nitrogens with zero attached hydrogens (tertiary/aromatic N) is 2. The van der Waals surface area contributed by atoms with Crippen LogP contribution in [0.1, 0.15) is 13.8 Å². The van der Waals surface area contributed by atoms with Gasteiger partial charge in [-0.15, -0.1) is 0 Å². The average molecular weight is 114 g/mol. The summed E-state index contributed by atoms with van der Waals surface area (Å²) in [6, 6.07) is 0. The second kappa shape index (κ2) is 3.47. The molecule has 0 saturated carbocycles. The van der Waals surface area contributed by atoms with Crippen LogP contribution >= 0.6 is 0 Å². The zero-order valence-electron chi connectivity index (χ0n) is 6.10. The van der Waals surface area contributed by atoms with Crippen LogP contribution in [0.15, 0.2) is 4.99 Å². The summed E-state index contributed by atoms with van der Waals surface area (Å²) in [4.78, 5) is 6.17. The molecule has 0 radical (unpaired) electrons. The van der Waals surface area contributed by atoms with Crippen molar-refractivity contribution in [2.75, 3.05) is 20.6 Å². The highest BCUT2D eigenvalue weighted by Gasteiger charge is 1.87. The summed E-state index contributed by atoms with van der Waals surface area (Å²) in [6.07, 6.45) is 0. The van der Waals surface area contributed by atoms with E-state index in [1.165, 1.54) is 0 Å². The third-order valence-corrected chi connectivity index (χ3v) is 1.03. The molecule has 0 aromatic rings. The van der Waals surface area contributed by atoms with Crippen LogP contribution in [0, 0.1) is 0 Å². The smallest absolute Gasteiger partial charge is 0.0952 e. The monoisotopic (exact) mass is 114 g/mol. The van der Waals surface area contributed by atoms with E-state index in [1.807, 2.05) is 32.8 Å². The third kappa shape index (κ3) is 2.61. The van der Waals surface area contributed by atoms with Gasteiger partial charge in [-0.25, -0.2) is 0 Å². The minimum atomic E-state index is 0.879. The highest BCUT2D eigenvalue weighted by Crippen LogP contribution is 1.80. The maximum Gasteiger partial charge on any atom is 0.0952 e. The predicted molar refractivity (Wildman–Crippen MR) is 37.3 cm³/mol. The van der Waals surface area contributed by atoms with Crippen molar-refractivity contribution in [3.8, 4) is 0 Å². The molecule has 0 heterocycles. The van der Waals surface area contributed by atoms with Crippen molar-refractivity contribution in [3.05, 3.63) is 0 Å². The van der Waals surface area contributed by atoms with E-state index in [9.17, 15) is 0 Å². The Hall–Kier alpha value is -0.530. The summed E-state index contributed by atoms with van der Waals surface area (Å²) < 4.78 is 0. The van der Waals surface area contributed by atoms with E-state index in [0.717, 1.165) is 12.4 Å². The third-order valence-electron chi connectivity index (χ3n) is 1.03. The maximum absolute atomic E-state index is 4.17. The van der Waals surface area contributed by atoms with Crippen molar-refractivity contribution in [2.45, 2.75) is 13.8 Å². The topological polar surface area (TPSA) is 15.6 Å². The van der Waals surface area contributed by atoms with Gasteiger partial charge in [-0.2, -0.15) is 0 Å². The molecule has 0 aliphatic rings. The van der Waals surface area contributed by atoms with E-state index in [1.54, 1.807) is 0 Å². The molecule has 0 aromatic heterocycles. The van der Waals surface area contributed by atoms with Crippen LogP contribution < -0.4 is 0 Å². The van der Waals surface area contributed by atoms with E-state index in [2.05, 4.69) is 4.99 Å². The zero-order chi connectivity index (χ0) is 6.57. The number of hydrogen-bond acceptors (Lipinski definition) is 1. The van der Waals surface area contributed by atoms with Crippen LogP contribution in [0.2, 0.25) is 0 Å². The highest BCUT2D eigenvalue weighted by atomic mass is 15.1. The minimum absolute atomic E-state index is 0.879. The standard InChI is InChI=1S/C6H14N2/c1-5-7-6(2)8(3)4/h5H2,1-4H3. The van der Waals surface area contributed by atoms with Gasteiger partial charge in [0.1, 0.15) is 0 Å². The quantitative estimate of drug-likeness (QED) is 0.366. The SMILES string of the molecule is CCN=C(C)N(C)C. The summed E-state index contributed by atoms with van der Waals surface area (Å²) in [5, 5.41) is 0. The van der Waals surface area contributed by atoms with E-state index in [-0.39, 0.29) is 0 Å². The Bertz CT molecular complexity index is 84.5. The molecule has 0 aliphatic heterocycles. The van der Waals surface area contributed by atoms with Gasteiger partial charge in [-0.05, 0) is 13.8 Å².